The maximum absolute atomic E-state index is 11.4. The first kappa shape index (κ1) is 13.9. The topological polar surface area (TPSA) is 44.8 Å². The van der Waals surface area contributed by atoms with Crippen LogP contribution in [-0.4, -0.2) is 35.8 Å². The average molecular weight is 230 g/mol. The highest BCUT2D eigenvalue weighted by Crippen LogP contribution is 2.02. The summed E-state index contributed by atoms with van der Waals surface area (Å²) < 4.78 is 15.1. The predicted octanol–water partition coefficient (Wildman–Crippen LogP) is 0.321. The van der Waals surface area contributed by atoms with Gasteiger partial charge in [0.25, 0.3) is 0 Å². The Morgan fingerprint density at radius 1 is 1.60 bits per heavy atom. The molecule has 4 nitrogen and oxygen atoms in total. The zero-order valence-corrected chi connectivity index (χ0v) is 11.5. The molecule has 5 heteroatoms. The fourth-order valence-electron chi connectivity index (χ4n) is 0.796. The molecule has 0 N–H and O–H groups in total. The summed E-state index contributed by atoms with van der Waals surface area (Å²) in [5.74, 6) is -0.399. The van der Waals surface area contributed by atoms with Crippen molar-refractivity contribution in [3.05, 3.63) is 24.5 Å². The minimum Gasteiger partial charge on any atom is -0.558 e. The van der Waals surface area contributed by atoms with E-state index in [4.69, 9.17) is 13.9 Å². The number of hydrogen-bond donors (Lipinski definition) is 0. The zero-order valence-electron chi connectivity index (χ0n) is 9.49. The Labute approximate surface area is 93.4 Å². The summed E-state index contributed by atoms with van der Waals surface area (Å²) in [6.07, 6.45) is 2.95. The van der Waals surface area contributed by atoms with Crippen molar-refractivity contribution in [3.63, 3.8) is 0 Å². The molecular weight excluding hydrogens is 212 g/mol. The lowest BCUT2D eigenvalue weighted by atomic mass is 10.3. The first-order valence-electron chi connectivity index (χ1n) is 4.78. The summed E-state index contributed by atoms with van der Waals surface area (Å²) in [7, 11) is 0.531. The lowest BCUT2D eigenvalue weighted by molar-refractivity contribution is -0.139. The van der Waals surface area contributed by atoms with Crippen LogP contribution in [0, 0.1) is 0 Å². The Balaban J connectivity index is 4.22. The van der Waals surface area contributed by atoms with Crippen LogP contribution in [0.3, 0.4) is 0 Å². The van der Waals surface area contributed by atoms with E-state index in [9.17, 15) is 4.79 Å². The molecule has 0 saturated carbocycles. The third kappa shape index (κ3) is 6.08. The molecule has 0 amide bonds. The van der Waals surface area contributed by atoms with E-state index >= 15 is 0 Å². The number of carbonyl (C=O) groups excluding carboxylic acids is 1. The molecule has 0 radical (unpaired) electrons. The lowest BCUT2D eigenvalue weighted by Gasteiger charge is -2.10. The van der Waals surface area contributed by atoms with Gasteiger partial charge in [0, 0.05) is 0 Å². The minimum absolute atomic E-state index is 0.100. The van der Waals surface area contributed by atoms with Crippen molar-refractivity contribution in [2.45, 2.75) is 20.0 Å². The Hall–Kier alpha value is -1.07. The molecule has 0 fully saturated rings. The average Bonchev–Trinajstić information content (AvgIpc) is 2.23. The molecule has 0 rings (SSSR count). The van der Waals surface area contributed by atoms with E-state index < -0.39 is 5.97 Å². The number of carbonyl (C=O) groups is 1. The summed E-state index contributed by atoms with van der Waals surface area (Å²) >= 11 is 0. The van der Waals surface area contributed by atoms with Gasteiger partial charge in [-0.1, -0.05) is 6.08 Å². The van der Waals surface area contributed by atoms with Crippen molar-refractivity contribution in [2.24, 2.45) is 0 Å². The van der Waals surface area contributed by atoms with Crippen molar-refractivity contribution in [2.75, 3.05) is 13.2 Å². The van der Waals surface area contributed by atoms with E-state index in [1.807, 2.05) is 6.92 Å². The molecule has 0 heterocycles. The Bertz CT molecular complexity index is 238. The number of ether oxygens (including phenoxy) is 2. The summed E-state index contributed by atoms with van der Waals surface area (Å²) in [6.45, 7) is 7.70. The minimum atomic E-state index is -0.399. The van der Waals surface area contributed by atoms with E-state index in [0.29, 0.717) is 22.7 Å². The smallest absolute Gasteiger partial charge is 0.339 e. The van der Waals surface area contributed by atoms with Gasteiger partial charge in [-0.3, -0.25) is 0 Å². The molecule has 0 aromatic carbocycles. The number of esters is 1. The highest BCUT2D eigenvalue weighted by atomic mass is 28.2. The summed E-state index contributed by atoms with van der Waals surface area (Å²) in [6, 6.07) is 0. The molecule has 15 heavy (non-hydrogen) atoms. The van der Waals surface area contributed by atoms with E-state index in [0.717, 1.165) is 0 Å². The molecule has 0 aliphatic carbocycles. The van der Waals surface area contributed by atoms with Gasteiger partial charge in [-0.15, -0.1) is 6.58 Å². The second-order valence-corrected chi connectivity index (χ2v) is 3.32. The largest absolute Gasteiger partial charge is 0.558 e. The molecule has 86 valence electrons. The Kier molecular flexibility index (Phi) is 7.66. The molecule has 0 spiro atoms. The molecule has 0 bridgehead atoms. The molecule has 0 aliphatic heterocycles. The quantitative estimate of drug-likeness (QED) is 0.208. The molecular formula is C10H18O4Si. The number of hydrogen-bond acceptors (Lipinski definition) is 4. The van der Waals surface area contributed by atoms with Crippen molar-refractivity contribution < 1.29 is 18.7 Å². The monoisotopic (exact) mass is 230 g/mol. The van der Waals surface area contributed by atoms with Crippen LogP contribution in [0.25, 0.3) is 0 Å². The first-order valence-corrected chi connectivity index (χ1v) is 5.60. The zero-order chi connectivity index (χ0) is 11.7. The van der Waals surface area contributed by atoms with Gasteiger partial charge in [-0.25, -0.2) is 4.79 Å². The van der Waals surface area contributed by atoms with Gasteiger partial charge in [0.2, 0.25) is 10.5 Å². The fraction of sp³-hybridized carbons (Fsp3) is 0.500. The summed E-state index contributed by atoms with van der Waals surface area (Å²) in [4.78, 5) is 11.4. The lowest BCUT2D eigenvalue weighted by Crippen LogP contribution is -2.16. The first-order chi connectivity index (χ1) is 7.15. The van der Waals surface area contributed by atoms with Crippen LogP contribution in [0.1, 0.15) is 13.8 Å². The second-order valence-electron chi connectivity index (χ2n) is 2.85. The Morgan fingerprint density at radius 2 is 2.27 bits per heavy atom. The van der Waals surface area contributed by atoms with Crippen molar-refractivity contribution in [1.82, 2.24) is 0 Å². The van der Waals surface area contributed by atoms with Gasteiger partial charge < -0.3 is 13.9 Å². The number of rotatable bonds is 7. The summed E-state index contributed by atoms with van der Waals surface area (Å²) in [5, 5.41) is 0. The van der Waals surface area contributed by atoms with Gasteiger partial charge >= 0.3 is 5.97 Å². The normalized spacial score (nSPS) is 13.3. The van der Waals surface area contributed by atoms with Crippen LogP contribution < -0.4 is 0 Å². The second kappa shape index (κ2) is 8.25. The molecule has 1 unspecified atom stereocenters. The third-order valence-corrected chi connectivity index (χ3v) is 1.87. The Morgan fingerprint density at radius 3 is 2.73 bits per heavy atom. The standard InChI is InChI=1S/C10H18O4Si/c1-4-8(3)13-6-9(7-14-15)10(11)12-5-2/h4,7-8H,1,5-6H2,2-3,15H3. The van der Waals surface area contributed by atoms with E-state index in [2.05, 4.69) is 6.58 Å². The van der Waals surface area contributed by atoms with Crippen LogP contribution in [0.15, 0.2) is 24.5 Å². The van der Waals surface area contributed by atoms with Gasteiger partial charge in [-0.2, -0.15) is 0 Å². The molecule has 0 aromatic rings. The highest BCUT2D eigenvalue weighted by molar-refractivity contribution is 5.99. The van der Waals surface area contributed by atoms with Crippen LogP contribution in [0.4, 0.5) is 0 Å². The molecule has 0 aromatic heterocycles. The highest BCUT2D eigenvalue weighted by Gasteiger charge is 2.12. The molecule has 0 aliphatic rings. The van der Waals surface area contributed by atoms with Crippen LogP contribution in [0.2, 0.25) is 0 Å². The van der Waals surface area contributed by atoms with Crippen molar-refractivity contribution in [1.29, 1.82) is 0 Å². The third-order valence-electron chi connectivity index (χ3n) is 1.63. The van der Waals surface area contributed by atoms with Crippen LogP contribution >= 0.6 is 0 Å². The molecule has 0 saturated heterocycles. The summed E-state index contributed by atoms with van der Waals surface area (Å²) in [5.41, 5.74) is 0.389. The van der Waals surface area contributed by atoms with E-state index in [-0.39, 0.29) is 12.7 Å². The molecule has 1 atom stereocenters. The van der Waals surface area contributed by atoms with E-state index in [1.54, 1.807) is 13.0 Å². The van der Waals surface area contributed by atoms with Crippen molar-refractivity contribution in [3.8, 4) is 0 Å². The SMILES string of the molecule is C=CC(C)OCC(=CO[SiH3])C(=O)OCC. The van der Waals surface area contributed by atoms with Crippen LogP contribution in [0.5, 0.6) is 0 Å². The van der Waals surface area contributed by atoms with E-state index in [1.165, 1.54) is 6.26 Å². The van der Waals surface area contributed by atoms with Gasteiger partial charge in [0.15, 0.2) is 0 Å². The maximum atomic E-state index is 11.4. The van der Waals surface area contributed by atoms with Gasteiger partial charge in [-0.05, 0) is 13.8 Å². The van der Waals surface area contributed by atoms with Gasteiger partial charge in [0.1, 0.15) is 0 Å². The van der Waals surface area contributed by atoms with Gasteiger partial charge in [0.05, 0.1) is 31.2 Å². The predicted molar refractivity (Wildman–Crippen MR) is 61.4 cm³/mol. The van der Waals surface area contributed by atoms with Crippen molar-refractivity contribution >= 4 is 16.5 Å². The van der Waals surface area contributed by atoms with Crippen LogP contribution in [-0.2, 0) is 18.7 Å². The maximum Gasteiger partial charge on any atom is 0.339 e. The fourth-order valence-corrected chi connectivity index (χ4v) is 1.08.